The van der Waals surface area contributed by atoms with Gasteiger partial charge < -0.3 is 25.3 Å². The predicted octanol–water partition coefficient (Wildman–Crippen LogP) is 2.92. The average Bonchev–Trinajstić information content (AvgIpc) is 2.63. The second kappa shape index (κ2) is 8.48. The molecule has 0 aliphatic heterocycles. The van der Waals surface area contributed by atoms with Crippen molar-refractivity contribution in [1.29, 1.82) is 0 Å². The maximum atomic E-state index is 12.4. The van der Waals surface area contributed by atoms with Gasteiger partial charge >= 0.3 is 0 Å². The van der Waals surface area contributed by atoms with Gasteiger partial charge in [-0.2, -0.15) is 0 Å². The van der Waals surface area contributed by atoms with Gasteiger partial charge in [-0.05, 0) is 30.2 Å². The normalized spacial score (nSPS) is 10.2. The van der Waals surface area contributed by atoms with Gasteiger partial charge in [-0.15, -0.1) is 0 Å². The summed E-state index contributed by atoms with van der Waals surface area (Å²) < 4.78 is 15.7. The third kappa shape index (κ3) is 4.48. The van der Waals surface area contributed by atoms with Gasteiger partial charge in [0.1, 0.15) is 5.75 Å². The first-order valence-electron chi connectivity index (χ1n) is 7.62. The van der Waals surface area contributed by atoms with E-state index < -0.39 is 0 Å². The zero-order chi connectivity index (χ0) is 18.4. The molecule has 0 bridgehead atoms. The van der Waals surface area contributed by atoms with Crippen LogP contribution in [0.15, 0.2) is 30.3 Å². The first kappa shape index (κ1) is 18.7. The Hall–Kier alpha value is -2.60. The number of methoxy groups -OCH3 is 3. The summed E-state index contributed by atoms with van der Waals surface area (Å²) in [6, 6.07) is 8.67. The van der Waals surface area contributed by atoms with E-state index in [1.54, 1.807) is 14.2 Å². The van der Waals surface area contributed by atoms with Crippen molar-refractivity contribution >= 4 is 23.2 Å². The smallest absolute Gasteiger partial charge is 0.255 e. The van der Waals surface area contributed by atoms with Crippen LogP contribution in [0.5, 0.6) is 17.2 Å². The number of carbonyl (C=O) groups excluding carboxylic acids is 1. The number of nitrogens with two attached hydrogens (primary N) is 1. The molecule has 0 radical (unpaired) electrons. The summed E-state index contributed by atoms with van der Waals surface area (Å²) >= 11 is 5.99. The number of ether oxygens (including phenoxy) is 3. The molecular weight excluding hydrogens is 344 g/mol. The first-order valence-corrected chi connectivity index (χ1v) is 8.00. The molecule has 0 heterocycles. The van der Waals surface area contributed by atoms with Gasteiger partial charge in [0.25, 0.3) is 5.91 Å². The molecule has 0 atom stereocenters. The van der Waals surface area contributed by atoms with Crippen LogP contribution in [-0.2, 0) is 6.42 Å². The van der Waals surface area contributed by atoms with Crippen LogP contribution in [0.25, 0.3) is 0 Å². The molecule has 134 valence electrons. The number of benzene rings is 2. The summed E-state index contributed by atoms with van der Waals surface area (Å²) in [5.74, 6) is 1.42. The minimum atomic E-state index is -0.278. The Labute approximate surface area is 151 Å². The van der Waals surface area contributed by atoms with Crippen molar-refractivity contribution in [2.24, 2.45) is 0 Å². The Morgan fingerprint density at radius 2 is 1.72 bits per heavy atom. The van der Waals surface area contributed by atoms with Crippen LogP contribution < -0.4 is 25.3 Å². The molecule has 0 saturated carbocycles. The molecule has 0 aliphatic rings. The zero-order valence-electron chi connectivity index (χ0n) is 14.4. The highest BCUT2D eigenvalue weighted by molar-refractivity contribution is 6.33. The van der Waals surface area contributed by atoms with Gasteiger partial charge in [0, 0.05) is 12.6 Å². The largest absolute Gasteiger partial charge is 0.496 e. The van der Waals surface area contributed by atoms with E-state index in [1.807, 2.05) is 18.2 Å². The number of nitrogen functional groups attached to an aromatic ring is 1. The third-order valence-corrected chi connectivity index (χ3v) is 4.04. The van der Waals surface area contributed by atoms with Gasteiger partial charge in [-0.1, -0.05) is 17.7 Å². The summed E-state index contributed by atoms with van der Waals surface area (Å²) in [5, 5.41) is 3.16. The number of anilines is 1. The van der Waals surface area contributed by atoms with Crippen LogP contribution in [0.1, 0.15) is 15.9 Å². The lowest BCUT2D eigenvalue weighted by atomic mass is 10.1. The van der Waals surface area contributed by atoms with Crippen molar-refractivity contribution in [2.45, 2.75) is 6.42 Å². The first-order chi connectivity index (χ1) is 12.0. The van der Waals surface area contributed by atoms with Gasteiger partial charge in [0.15, 0.2) is 11.5 Å². The lowest BCUT2D eigenvalue weighted by Crippen LogP contribution is -2.26. The Morgan fingerprint density at radius 3 is 2.36 bits per heavy atom. The van der Waals surface area contributed by atoms with Crippen molar-refractivity contribution in [3.8, 4) is 17.2 Å². The number of hydrogen-bond donors (Lipinski definition) is 2. The second-order valence-electron chi connectivity index (χ2n) is 5.27. The average molecular weight is 365 g/mol. The molecule has 3 N–H and O–H groups in total. The van der Waals surface area contributed by atoms with Crippen LogP contribution in [-0.4, -0.2) is 33.8 Å². The molecule has 2 rings (SSSR count). The molecule has 0 aliphatic carbocycles. The van der Waals surface area contributed by atoms with E-state index in [-0.39, 0.29) is 5.91 Å². The highest BCUT2D eigenvalue weighted by atomic mass is 35.5. The molecule has 0 aromatic heterocycles. The van der Waals surface area contributed by atoms with Crippen LogP contribution in [0.3, 0.4) is 0 Å². The molecule has 0 saturated heterocycles. The van der Waals surface area contributed by atoms with Crippen LogP contribution in [0.2, 0.25) is 5.02 Å². The molecule has 2 aromatic carbocycles. The number of carbonyl (C=O) groups is 1. The summed E-state index contributed by atoms with van der Waals surface area (Å²) in [4.78, 5) is 12.4. The van der Waals surface area contributed by atoms with Crippen molar-refractivity contribution in [1.82, 2.24) is 5.32 Å². The van der Waals surface area contributed by atoms with Crippen molar-refractivity contribution in [3.05, 3.63) is 46.5 Å². The molecule has 0 spiro atoms. The molecule has 6 nitrogen and oxygen atoms in total. The number of rotatable bonds is 7. The SMILES string of the molecule is COc1ccc(CCNC(=O)c2cc(Cl)c(N)cc2OC)cc1OC. The Balaban J connectivity index is 2.02. The van der Waals surface area contributed by atoms with E-state index in [1.165, 1.54) is 19.2 Å². The molecule has 7 heteroatoms. The van der Waals surface area contributed by atoms with Crippen LogP contribution >= 0.6 is 11.6 Å². The highest BCUT2D eigenvalue weighted by Crippen LogP contribution is 2.29. The fourth-order valence-corrected chi connectivity index (χ4v) is 2.53. The molecular formula is C18H21ClN2O4. The molecule has 0 unspecified atom stereocenters. The van der Waals surface area contributed by atoms with E-state index in [9.17, 15) is 4.79 Å². The van der Waals surface area contributed by atoms with Crippen molar-refractivity contribution < 1.29 is 19.0 Å². The highest BCUT2D eigenvalue weighted by Gasteiger charge is 2.15. The maximum absolute atomic E-state index is 12.4. The fourth-order valence-electron chi connectivity index (χ4n) is 2.37. The zero-order valence-corrected chi connectivity index (χ0v) is 15.1. The number of nitrogens with one attached hydrogen (secondary N) is 1. The molecule has 25 heavy (non-hydrogen) atoms. The van der Waals surface area contributed by atoms with Crippen LogP contribution in [0, 0.1) is 0 Å². The second-order valence-corrected chi connectivity index (χ2v) is 5.68. The monoisotopic (exact) mass is 364 g/mol. The Morgan fingerprint density at radius 1 is 1.04 bits per heavy atom. The summed E-state index contributed by atoms with van der Waals surface area (Å²) in [5.41, 5.74) is 7.44. The van der Waals surface area contributed by atoms with Crippen molar-refractivity contribution in [3.63, 3.8) is 0 Å². The summed E-state index contributed by atoms with van der Waals surface area (Å²) in [6.45, 7) is 0.444. The van der Waals surface area contributed by atoms with Gasteiger partial charge in [-0.25, -0.2) is 0 Å². The Bertz CT molecular complexity index is 765. The topological polar surface area (TPSA) is 82.8 Å². The van der Waals surface area contributed by atoms with Gasteiger partial charge in [-0.3, -0.25) is 4.79 Å². The minimum Gasteiger partial charge on any atom is -0.496 e. The fraction of sp³-hybridized carbons (Fsp3) is 0.278. The quantitative estimate of drug-likeness (QED) is 0.738. The Kier molecular flexibility index (Phi) is 6.36. The third-order valence-electron chi connectivity index (χ3n) is 3.71. The van der Waals surface area contributed by atoms with E-state index in [2.05, 4.69) is 5.32 Å². The van der Waals surface area contributed by atoms with Crippen LogP contribution in [0.4, 0.5) is 5.69 Å². The van der Waals surface area contributed by atoms with E-state index in [0.717, 1.165) is 5.56 Å². The number of halogens is 1. The van der Waals surface area contributed by atoms with Crippen molar-refractivity contribution in [2.75, 3.05) is 33.6 Å². The maximum Gasteiger partial charge on any atom is 0.255 e. The molecule has 2 aromatic rings. The number of hydrogen-bond acceptors (Lipinski definition) is 5. The van der Waals surface area contributed by atoms with Gasteiger partial charge in [0.05, 0.1) is 37.6 Å². The summed E-state index contributed by atoms with van der Waals surface area (Å²) in [6.07, 6.45) is 0.636. The van der Waals surface area contributed by atoms with Gasteiger partial charge in [0.2, 0.25) is 0 Å². The lowest BCUT2D eigenvalue weighted by molar-refractivity contribution is 0.0951. The van der Waals surface area contributed by atoms with E-state index in [4.69, 9.17) is 31.5 Å². The number of amides is 1. The lowest BCUT2D eigenvalue weighted by Gasteiger charge is -2.12. The standard InChI is InChI=1S/C18H21ClN2O4/c1-23-15-5-4-11(8-17(15)25-3)6-7-21-18(22)12-9-13(19)14(20)10-16(12)24-2/h4-5,8-10H,6-7,20H2,1-3H3,(H,21,22). The molecule has 0 fully saturated rings. The minimum absolute atomic E-state index is 0.278. The predicted molar refractivity (Wildman–Crippen MR) is 98.0 cm³/mol. The molecule has 1 amide bonds. The van der Waals surface area contributed by atoms with E-state index >= 15 is 0 Å². The summed E-state index contributed by atoms with van der Waals surface area (Å²) in [7, 11) is 4.65. The van der Waals surface area contributed by atoms with E-state index in [0.29, 0.717) is 46.5 Å².